The Morgan fingerprint density at radius 2 is 1.79 bits per heavy atom. The highest BCUT2D eigenvalue weighted by atomic mass is 19.4. The van der Waals surface area contributed by atoms with Gasteiger partial charge in [0.15, 0.2) is 0 Å². The first-order valence-electron chi connectivity index (χ1n) is 12.8. The molecule has 39 heavy (non-hydrogen) atoms. The van der Waals surface area contributed by atoms with Gasteiger partial charge in [-0.15, -0.1) is 0 Å². The van der Waals surface area contributed by atoms with Crippen molar-refractivity contribution in [3.8, 4) is 0 Å². The van der Waals surface area contributed by atoms with Crippen LogP contribution in [0.15, 0.2) is 24.4 Å². The largest absolute Gasteiger partial charge is 0.405 e. The van der Waals surface area contributed by atoms with Gasteiger partial charge in [-0.25, -0.2) is 4.39 Å². The number of carbonyl (C=O) groups excluding carboxylic acids is 3. The summed E-state index contributed by atoms with van der Waals surface area (Å²) in [7, 11) is 1.11. The Balaban J connectivity index is 0.000000509. The van der Waals surface area contributed by atoms with Crippen molar-refractivity contribution >= 4 is 29.1 Å². The average Bonchev–Trinajstić information content (AvgIpc) is 3.78. The Labute approximate surface area is 224 Å². The van der Waals surface area contributed by atoms with Crippen LogP contribution >= 0.6 is 0 Å². The van der Waals surface area contributed by atoms with E-state index in [1.165, 1.54) is 28.8 Å². The average molecular weight is 555 g/mol. The number of nitrogens with zero attached hydrogens (tertiary/aromatic N) is 3. The maximum Gasteiger partial charge on any atom is 0.405 e. The topological polar surface area (TPSA) is 122 Å². The fourth-order valence-corrected chi connectivity index (χ4v) is 4.14. The van der Waals surface area contributed by atoms with E-state index in [1.54, 1.807) is 39.0 Å². The molecule has 2 aliphatic rings. The van der Waals surface area contributed by atoms with Crippen LogP contribution in [0.4, 0.5) is 28.9 Å². The molecule has 4 rings (SSSR count). The molecule has 1 aromatic heterocycles. The van der Waals surface area contributed by atoms with Crippen molar-refractivity contribution in [1.29, 1.82) is 0 Å². The maximum atomic E-state index is 14.5. The molecule has 9 nitrogen and oxygen atoms in total. The fourth-order valence-electron chi connectivity index (χ4n) is 4.14. The van der Waals surface area contributed by atoms with Gasteiger partial charge in [-0.2, -0.15) is 18.3 Å². The Bertz CT molecular complexity index is 1160. The summed E-state index contributed by atoms with van der Waals surface area (Å²) in [5, 5.41) is 8.48. The molecule has 2 saturated carbocycles. The van der Waals surface area contributed by atoms with Crippen molar-refractivity contribution in [2.45, 2.75) is 58.2 Å². The molecular formula is C26H34F4N6O3. The number of hydrogen-bond acceptors (Lipinski definition) is 5. The van der Waals surface area contributed by atoms with Gasteiger partial charge in [0, 0.05) is 25.5 Å². The molecule has 4 N–H and O–H groups in total. The standard InChI is InChI=1S/C19H22F4N6O3.C7H12/c1-3-29-14(4-5-26-29)18(32)25-9-17(31)27-13-8-15(28(2)10-19(21,22)23)11(6-12(13)20)7-16(24)30;1-2-6(1)5-7-3-4-7/h4-6,8H,3,7,9-10H2,1-2H3,(H2,24,30)(H,25,32)(H,27,31);6-7H,1-5H2. The van der Waals surface area contributed by atoms with Crippen LogP contribution in [0.3, 0.4) is 0 Å². The van der Waals surface area contributed by atoms with Crippen LogP contribution in [0.2, 0.25) is 0 Å². The maximum absolute atomic E-state index is 14.5. The number of halogens is 4. The summed E-state index contributed by atoms with van der Waals surface area (Å²) in [6.45, 7) is 0.302. The Morgan fingerprint density at radius 1 is 1.15 bits per heavy atom. The van der Waals surface area contributed by atoms with Crippen molar-refractivity contribution in [1.82, 2.24) is 15.1 Å². The molecule has 1 aromatic carbocycles. The highest BCUT2D eigenvalue weighted by Gasteiger charge is 2.31. The molecule has 0 spiro atoms. The number of nitrogens with two attached hydrogens (primary N) is 1. The molecule has 214 valence electrons. The summed E-state index contributed by atoms with van der Waals surface area (Å²) in [6, 6.07) is 3.27. The Hall–Kier alpha value is -3.64. The minimum atomic E-state index is -4.56. The number of primary amides is 1. The van der Waals surface area contributed by atoms with E-state index in [1.807, 2.05) is 0 Å². The third-order valence-corrected chi connectivity index (χ3v) is 6.35. The van der Waals surface area contributed by atoms with E-state index >= 15 is 0 Å². The summed E-state index contributed by atoms with van der Waals surface area (Å²) < 4.78 is 54.3. The van der Waals surface area contributed by atoms with Crippen LogP contribution < -0.4 is 21.3 Å². The quantitative estimate of drug-likeness (QED) is 0.366. The van der Waals surface area contributed by atoms with Gasteiger partial charge in [-0.05, 0) is 48.9 Å². The fraction of sp³-hybridized carbons (Fsp3) is 0.538. The lowest BCUT2D eigenvalue weighted by Gasteiger charge is -2.24. The van der Waals surface area contributed by atoms with Crippen molar-refractivity contribution in [2.75, 3.05) is 30.4 Å². The van der Waals surface area contributed by atoms with Crippen molar-refractivity contribution < 1.29 is 31.9 Å². The van der Waals surface area contributed by atoms with Crippen LogP contribution in [0, 0.1) is 17.7 Å². The third kappa shape index (κ3) is 9.88. The second kappa shape index (κ2) is 12.9. The lowest BCUT2D eigenvalue weighted by molar-refractivity contribution is -0.119. The molecule has 2 aliphatic carbocycles. The van der Waals surface area contributed by atoms with Crippen LogP contribution in [-0.2, 0) is 22.6 Å². The zero-order valence-electron chi connectivity index (χ0n) is 22.0. The Kier molecular flexibility index (Phi) is 9.92. The molecule has 2 aromatic rings. The molecule has 0 bridgehead atoms. The number of carbonyl (C=O) groups is 3. The van der Waals surface area contributed by atoms with E-state index in [0.717, 1.165) is 24.1 Å². The predicted octanol–water partition coefficient (Wildman–Crippen LogP) is 3.63. The van der Waals surface area contributed by atoms with Gasteiger partial charge >= 0.3 is 6.18 Å². The van der Waals surface area contributed by atoms with Gasteiger partial charge in [0.2, 0.25) is 11.8 Å². The second-order valence-corrected chi connectivity index (χ2v) is 9.96. The summed E-state index contributed by atoms with van der Waals surface area (Å²) in [5.41, 5.74) is 4.70. The van der Waals surface area contributed by atoms with E-state index in [-0.39, 0.29) is 16.9 Å². The van der Waals surface area contributed by atoms with E-state index in [9.17, 15) is 31.9 Å². The number of hydrogen-bond donors (Lipinski definition) is 3. The number of anilines is 2. The van der Waals surface area contributed by atoms with Crippen LogP contribution in [-0.4, -0.2) is 53.8 Å². The van der Waals surface area contributed by atoms with Gasteiger partial charge in [-0.3, -0.25) is 19.1 Å². The number of aromatic nitrogens is 2. The zero-order chi connectivity index (χ0) is 28.7. The highest BCUT2D eigenvalue weighted by molar-refractivity contribution is 5.98. The molecule has 0 atom stereocenters. The lowest BCUT2D eigenvalue weighted by Crippen LogP contribution is -2.34. The monoisotopic (exact) mass is 554 g/mol. The summed E-state index contributed by atoms with van der Waals surface area (Å²) in [6.07, 6.45) is 4.15. The van der Waals surface area contributed by atoms with Crippen molar-refractivity contribution in [2.24, 2.45) is 17.6 Å². The minimum Gasteiger partial charge on any atom is -0.369 e. The summed E-state index contributed by atoms with van der Waals surface area (Å²) in [5.74, 6) is -0.861. The van der Waals surface area contributed by atoms with Gasteiger partial charge in [0.1, 0.15) is 18.1 Å². The second-order valence-electron chi connectivity index (χ2n) is 9.96. The van der Waals surface area contributed by atoms with Crippen LogP contribution in [0.1, 0.15) is 55.1 Å². The number of rotatable bonds is 11. The smallest absolute Gasteiger partial charge is 0.369 e. The SMILES string of the molecule is C1CC1CC1CC1.CCn1nccc1C(=O)NCC(=O)Nc1cc(N(C)CC(F)(F)F)c(CC(N)=O)cc1F. The molecular weight excluding hydrogens is 520 g/mol. The predicted molar refractivity (Wildman–Crippen MR) is 138 cm³/mol. The number of aryl methyl sites for hydroxylation is 1. The Morgan fingerprint density at radius 3 is 2.33 bits per heavy atom. The van der Waals surface area contributed by atoms with E-state index in [4.69, 9.17) is 5.73 Å². The molecule has 0 radical (unpaired) electrons. The number of nitrogens with one attached hydrogen (secondary N) is 2. The number of amides is 3. The normalized spacial score (nSPS) is 14.7. The molecule has 2 fully saturated rings. The van der Waals surface area contributed by atoms with Gasteiger partial charge < -0.3 is 21.3 Å². The van der Waals surface area contributed by atoms with E-state index < -0.39 is 54.9 Å². The summed E-state index contributed by atoms with van der Waals surface area (Å²) >= 11 is 0. The van der Waals surface area contributed by atoms with Crippen molar-refractivity contribution in [3.63, 3.8) is 0 Å². The van der Waals surface area contributed by atoms with E-state index in [2.05, 4.69) is 15.7 Å². The highest BCUT2D eigenvalue weighted by Crippen LogP contribution is 2.43. The van der Waals surface area contributed by atoms with Gasteiger partial charge in [0.05, 0.1) is 18.7 Å². The van der Waals surface area contributed by atoms with Gasteiger partial charge in [-0.1, -0.05) is 25.7 Å². The molecule has 0 unspecified atom stereocenters. The number of benzene rings is 1. The molecule has 0 saturated heterocycles. The van der Waals surface area contributed by atoms with E-state index in [0.29, 0.717) is 6.54 Å². The molecule has 0 aliphatic heterocycles. The first-order valence-corrected chi connectivity index (χ1v) is 12.8. The zero-order valence-corrected chi connectivity index (χ0v) is 22.0. The molecule has 3 amide bonds. The minimum absolute atomic E-state index is 0.0686. The molecule has 13 heteroatoms. The molecule has 1 heterocycles. The van der Waals surface area contributed by atoms with Crippen LogP contribution in [0.25, 0.3) is 0 Å². The van der Waals surface area contributed by atoms with Crippen LogP contribution in [0.5, 0.6) is 0 Å². The third-order valence-electron chi connectivity index (χ3n) is 6.35. The van der Waals surface area contributed by atoms with Crippen molar-refractivity contribution in [3.05, 3.63) is 41.5 Å². The first kappa shape index (κ1) is 29.9. The number of alkyl halides is 3. The van der Waals surface area contributed by atoms with Gasteiger partial charge in [0.25, 0.3) is 5.91 Å². The first-order chi connectivity index (χ1) is 18.4. The summed E-state index contributed by atoms with van der Waals surface area (Å²) in [4.78, 5) is 36.3. The lowest BCUT2D eigenvalue weighted by atomic mass is 10.1.